The number of methoxy groups -OCH3 is 3. The largest absolute Gasteiger partial charge is 0.493 e. The van der Waals surface area contributed by atoms with Gasteiger partial charge in [-0.1, -0.05) is 6.07 Å². The first kappa shape index (κ1) is 23.9. The molecule has 2 fully saturated rings. The van der Waals surface area contributed by atoms with Gasteiger partial charge in [-0.25, -0.2) is 0 Å². The number of hydrogen-bond acceptors (Lipinski definition) is 5. The van der Waals surface area contributed by atoms with Crippen LogP contribution in [0.25, 0.3) is 0 Å². The zero-order valence-electron chi connectivity index (χ0n) is 18.0. The first-order valence-electron chi connectivity index (χ1n) is 10.0. The van der Waals surface area contributed by atoms with E-state index in [1.807, 2.05) is 12.1 Å². The number of ether oxygens (including phenoxy) is 4. The van der Waals surface area contributed by atoms with Gasteiger partial charge in [0.2, 0.25) is 5.75 Å². The molecule has 0 aromatic heterocycles. The average Bonchev–Trinajstić information content (AvgIpc) is 3.36. The number of nitrogens with one attached hydrogen (secondary N) is 1. The van der Waals surface area contributed by atoms with E-state index in [-0.39, 0.29) is 24.0 Å². The first-order chi connectivity index (χ1) is 13.7. The molecular weight excluding hydrogens is 485 g/mol. The summed E-state index contributed by atoms with van der Waals surface area (Å²) in [6, 6.07) is 3.93. The average molecular weight is 519 g/mol. The summed E-state index contributed by atoms with van der Waals surface area (Å²) in [6.07, 6.45) is 3.10. The van der Waals surface area contributed by atoms with Crippen LogP contribution < -0.4 is 19.5 Å². The number of aliphatic imine (C=N–C) groups is 1. The fourth-order valence-corrected chi connectivity index (χ4v) is 4.16. The highest BCUT2D eigenvalue weighted by Gasteiger charge is 2.42. The van der Waals surface area contributed by atoms with Gasteiger partial charge in [-0.15, -0.1) is 24.0 Å². The molecule has 0 radical (unpaired) electrons. The molecule has 3 rings (SSSR count). The van der Waals surface area contributed by atoms with Crippen molar-refractivity contribution in [3.63, 3.8) is 0 Å². The van der Waals surface area contributed by atoms with Crippen LogP contribution in [-0.2, 0) is 11.2 Å². The van der Waals surface area contributed by atoms with Gasteiger partial charge in [0.1, 0.15) is 0 Å². The van der Waals surface area contributed by atoms with Crippen LogP contribution in [0.4, 0.5) is 0 Å². The fourth-order valence-electron chi connectivity index (χ4n) is 4.16. The van der Waals surface area contributed by atoms with Crippen molar-refractivity contribution in [1.29, 1.82) is 0 Å². The van der Waals surface area contributed by atoms with E-state index in [0.717, 1.165) is 57.2 Å². The number of likely N-dealkylation sites (tertiary alicyclic amines) is 1. The Morgan fingerprint density at radius 2 is 1.97 bits per heavy atom. The second kappa shape index (κ2) is 11.1. The molecule has 0 saturated carbocycles. The summed E-state index contributed by atoms with van der Waals surface area (Å²) < 4.78 is 22.1. The monoisotopic (exact) mass is 519 g/mol. The summed E-state index contributed by atoms with van der Waals surface area (Å²) in [7, 11) is 4.91. The number of halogens is 1. The minimum atomic E-state index is 0. The highest BCUT2D eigenvalue weighted by atomic mass is 127. The third-order valence-corrected chi connectivity index (χ3v) is 5.69. The summed E-state index contributed by atoms with van der Waals surface area (Å²) in [5, 5.41) is 3.45. The van der Waals surface area contributed by atoms with Gasteiger partial charge in [-0.3, -0.25) is 4.99 Å². The first-order valence-corrected chi connectivity index (χ1v) is 10.0. The summed E-state index contributed by atoms with van der Waals surface area (Å²) in [5.41, 5.74) is 1.38. The number of hydrogen-bond donors (Lipinski definition) is 1. The minimum absolute atomic E-state index is 0. The van der Waals surface area contributed by atoms with E-state index in [1.54, 1.807) is 21.3 Å². The quantitative estimate of drug-likeness (QED) is 0.340. The second-order valence-electron chi connectivity index (χ2n) is 7.45. The van der Waals surface area contributed by atoms with Crippen molar-refractivity contribution in [3.8, 4) is 17.2 Å². The van der Waals surface area contributed by atoms with Crippen molar-refractivity contribution in [1.82, 2.24) is 10.2 Å². The third kappa shape index (κ3) is 5.39. The van der Waals surface area contributed by atoms with Crippen molar-refractivity contribution in [2.75, 3.05) is 60.7 Å². The van der Waals surface area contributed by atoms with Crippen molar-refractivity contribution >= 4 is 29.9 Å². The van der Waals surface area contributed by atoms with Crippen molar-refractivity contribution in [2.45, 2.75) is 26.2 Å². The number of guanidine groups is 1. The van der Waals surface area contributed by atoms with Crippen LogP contribution in [0.2, 0.25) is 0 Å². The smallest absolute Gasteiger partial charge is 0.203 e. The highest BCUT2D eigenvalue weighted by Crippen LogP contribution is 2.40. The molecule has 7 nitrogen and oxygen atoms in total. The number of nitrogens with zero attached hydrogens (tertiary/aromatic N) is 2. The lowest BCUT2D eigenvalue weighted by Gasteiger charge is -2.25. The Labute approximate surface area is 191 Å². The van der Waals surface area contributed by atoms with E-state index in [4.69, 9.17) is 23.9 Å². The van der Waals surface area contributed by atoms with Crippen molar-refractivity contribution in [3.05, 3.63) is 17.7 Å². The number of rotatable bonds is 7. The topological polar surface area (TPSA) is 64.6 Å². The van der Waals surface area contributed by atoms with E-state index >= 15 is 0 Å². The normalized spacial score (nSPS) is 21.2. The van der Waals surface area contributed by atoms with E-state index in [1.165, 1.54) is 6.42 Å². The summed E-state index contributed by atoms with van der Waals surface area (Å²) >= 11 is 0. The van der Waals surface area contributed by atoms with E-state index in [2.05, 4.69) is 17.1 Å². The standard InChI is InChI=1S/C21H33N3O4.HI/c1-5-22-20(24-12-9-21(14-24)10-13-28-15-21)23-11-8-16-6-7-17(25-2)19(27-4)18(16)26-3;/h6-7H,5,8-15H2,1-4H3,(H,22,23);1H. The van der Waals surface area contributed by atoms with Gasteiger partial charge < -0.3 is 29.2 Å². The molecule has 1 aromatic rings. The van der Waals surface area contributed by atoms with Crippen LogP contribution in [-0.4, -0.2) is 71.6 Å². The Balaban J connectivity index is 0.00000300. The van der Waals surface area contributed by atoms with Crippen LogP contribution in [0.15, 0.2) is 17.1 Å². The summed E-state index contributed by atoms with van der Waals surface area (Å²) in [6.45, 7) is 7.48. The zero-order chi connectivity index (χ0) is 20.0. The number of benzene rings is 1. The predicted octanol–water partition coefficient (Wildman–Crippen LogP) is 2.95. The SMILES string of the molecule is CCNC(=NCCc1ccc(OC)c(OC)c1OC)N1CCC2(CCOC2)C1.I. The van der Waals surface area contributed by atoms with E-state index < -0.39 is 0 Å². The molecule has 2 aliphatic heterocycles. The fraction of sp³-hybridized carbons (Fsp3) is 0.667. The molecule has 164 valence electrons. The molecule has 2 aliphatic rings. The highest BCUT2D eigenvalue weighted by molar-refractivity contribution is 14.0. The van der Waals surface area contributed by atoms with Crippen LogP contribution in [0.1, 0.15) is 25.3 Å². The molecule has 8 heteroatoms. The van der Waals surface area contributed by atoms with E-state index in [0.29, 0.717) is 29.2 Å². The Morgan fingerprint density at radius 1 is 1.17 bits per heavy atom. The Bertz CT molecular complexity index is 693. The Hall–Kier alpha value is -1.42. The van der Waals surface area contributed by atoms with Gasteiger partial charge in [-0.05, 0) is 32.3 Å². The molecular formula is C21H34IN3O4. The van der Waals surface area contributed by atoms with Crippen LogP contribution >= 0.6 is 24.0 Å². The molecule has 1 atom stereocenters. The minimum Gasteiger partial charge on any atom is -0.493 e. The third-order valence-electron chi connectivity index (χ3n) is 5.69. The van der Waals surface area contributed by atoms with Crippen molar-refractivity contribution < 1.29 is 18.9 Å². The van der Waals surface area contributed by atoms with Crippen molar-refractivity contribution in [2.24, 2.45) is 10.4 Å². The summed E-state index contributed by atoms with van der Waals surface area (Å²) in [4.78, 5) is 7.26. The molecule has 1 N–H and O–H groups in total. The molecule has 0 aliphatic carbocycles. The molecule has 29 heavy (non-hydrogen) atoms. The Morgan fingerprint density at radius 3 is 2.59 bits per heavy atom. The molecule has 0 amide bonds. The van der Waals surface area contributed by atoms with Crippen LogP contribution in [0, 0.1) is 5.41 Å². The van der Waals surface area contributed by atoms with Gasteiger partial charge in [0.25, 0.3) is 0 Å². The van der Waals surface area contributed by atoms with E-state index in [9.17, 15) is 0 Å². The van der Waals surface area contributed by atoms with Gasteiger partial charge in [0.15, 0.2) is 17.5 Å². The molecule has 1 spiro atoms. The maximum Gasteiger partial charge on any atom is 0.203 e. The van der Waals surface area contributed by atoms with Crippen LogP contribution in [0.5, 0.6) is 17.2 Å². The summed E-state index contributed by atoms with van der Waals surface area (Å²) in [5.74, 6) is 3.00. The molecule has 0 bridgehead atoms. The van der Waals surface area contributed by atoms with Gasteiger partial charge >= 0.3 is 0 Å². The molecule has 1 aromatic carbocycles. The Kier molecular flexibility index (Phi) is 9.13. The van der Waals surface area contributed by atoms with Crippen LogP contribution in [0.3, 0.4) is 0 Å². The lowest BCUT2D eigenvalue weighted by Crippen LogP contribution is -2.41. The predicted molar refractivity (Wildman–Crippen MR) is 125 cm³/mol. The van der Waals surface area contributed by atoms with Gasteiger partial charge in [-0.2, -0.15) is 0 Å². The lowest BCUT2D eigenvalue weighted by atomic mass is 9.87. The maximum atomic E-state index is 5.65. The molecule has 2 heterocycles. The molecule has 1 unspecified atom stereocenters. The second-order valence-corrected chi connectivity index (χ2v) is 7.45. The van der Waals surface area contributed by atoms with Gasteiger partial charge in [0.05, 0.1) is 27.9 Å². The van der Waals surface area contributed by atoms with Gasteiger partial charge in [0, 0.05) is 43.8 Å². The lowest BCUT2D eigenvalue weighted by molar-refractivity contribution is 0.156. The zero-order valence-corrected chi connectivity index (χ0v) is 20.3. The molecule has 2 saturated heterocycles. The maximum absolute atomic E-state index is 5.65.